The predicted molar refractivity (Wildman–Crippen MR) is 88.8 cm³/mol. The van der Waals surface area contributed by atoms with E-state index in [1.54, 1.807) is 12.1 Å². The van der Waals surface area contributed by atoms with Gasteiger partial charge in [0.1, 0.15) is 5.82 Å². The molecular weight excluding hydrogens is 282 g/mol. The number of thiocarbonyl (C=S) groups is 1. The summed E-state index contributed by atoms with van der Waals surface area (Å²) in [7, 11) is 0. The average Bonchev–Trinajstić information content (AvgIpc) is 2.46. The molecule has 2 N–H and O–H groups in total. The van der Waals surface area contributed by atoms with Crippen molar-refractivity contribution in [3.05, 3.63) is 65.9 Å². The van der Waals surface area contributed by atoms with Crippen molar-refractivity contribution in [1.82, 2.24) is 10.3 Å². The van der Waals surface area contributed by atoms with Gasteiger partial charge in [-0.25, -0.2) is 4.98 Å². The van der Waals surface area contributed by atoms with Crippen molar-refractivity contribution >= 4 is 35.1 Å². The largest absolute Gasteiger partial charge is 0.317 e. The van der Waals surface area contributed by atoms with Crippen LogP contribution in [0.4, 0.5) is 5.82 Å². The highest BCUT2D eigenvalue weighted by molar-refractivity contribution is 7.80. The molecule has 2 rings (SSSR count). The van der Waals surface area contributed by atoms with Crippen LogP contribution >= 0.6 is 12.2 Å². The third kappa shape index (κ3) is 5.16. The Labute approximate surface area is 128 Å². The molecule has 21 heavy (non-hydrogen) atoms. The first-order valence-electron chi connectivity index (χ1n) is 6.42. The average molecular weight is 297 g/mol. The van der Waals surface area contributed by atoms with Crippen molar-refractivity contribution in [2.24, 2.45) is 0 Å². The molecule has 1 aromatic carbocycles. The molecule has 0 spiro atoms. The van der Waals surface area contributed by atoms with E-state index in [4.69, 9.17) is 12.2 Å². The van der Waals surface area contributed by atoms with Gasteiger partial charge in [0, 0.05) is 11.8 Å². The summed E-state index contributed by atoms with van der Waals surface area (Å²) in [5.41, 5.74) is 1.82. The Hall–Kier alpha value is -2.53. The van der Waals surface area contributed by atoms with Crippen LogP contribution in [0.1, 0.15) is 11.3 Å². The summed E-state index contributed by atoms with van der Waals surface area (Å²) in [5.74, 6) is 0.316. The number of aromatic nitrogens is 1. The molecule has 0 aliphatic carbocycles. The molecule has 1 aromatic heterocycles. The SMILES string of the molecule is Cc1cccc(NC(=S)NC(=O)/C=C/c2ccccc2)n1. The first-order valence-corrected chi connectivity index (χ1v) is 6.83. The molecule has 0 fully saturated rings. The number of pyridine rings is 1. The van der Waals surface area contributed by atoms with Gasteiger partial charge >= 0.3 is 0 Å². The number of hydrogen-bond acceptors (Lipinski definition) is 3. The lowest BCUT2D eigenvalue weighted by Gasteiger charge is -2.07. The van der Waals surface area contributed by atoms with Crippen LogP contribution in [0.3, 0.4) is 0 Å². The predicted octanol–water partition coefficient (Wildman–Crippen LogP) is 2.92. The van der Waals surface area contributed by atoms with Crippen molar-refractivity contribution in [2.45, 2.75) is 6.92 Å². The van der Waals surface area contributed by atoms with Gasteiger partial charge in [-0.2, -0.15) is 0 Å². The third-order valence-electron chi connectivity index (χ3n) is 2.59. The molecule has 0 radical (unpaired) electrons. The summed E-state index contributed by atoms with van der Waals surface area (Å²) in [6, 6.07) is 15.1. The van der Waals surface area contributed by atoms with Gasteiger partial charge in [0.05, 0.1) is 0 Å². The standard InChI is InChI=1S/C16H15N3OS/c1-12-6-5-9-14(17-12)18-16(21)19-15(20)11-10-13-7-3-2-4-8-13/h2-11H,1H3,(H2,17,18,19,20,21)/b11-10+. The Balaban J connectivity index is 1.88. The molecule has 2 aromatic rings. The molecule has 1 amide bonds. The maximum atomic E-state index is 11.7. The van der Waals surface area contributed by atoms with E-state index in [9.17, 15) is 4.79 Å². The maximum absolute atomic E-state index is 11.7. The summed E-state index contributed by atoms with van der Waals surface area (Å²) < 4.78 is 0. The normalized spacial score (nSPS) is 10.3. The summed E-state index contributed by atoms with van der Waals surface area (Å²) in [5, 5.41) is 5.66. The first-order chi connectivity index (χ1) is 10.1. The number of carbonyl (C=O) groups excluding carboxylic acids is 1. The number of nitrogens with one attached hydrogen (secondary N) is 2. The van der Waals surface area contributed by atoms with Crippen LogP contribution in [0.2, 0.25) is 0 Å². The fraction of sp³-hybridized carbons (Fsp3) is 0.0625. The second kappa shape index (κ2) is 7.31. The van der Waals surface area contributed by atoms with Crippen molar-refractivity contribution in [1.29, 1.82) is 0 Å². The Morgan fingerprint density at radius 1 is 1.14 bits per heavy atom. The quantitative estimate of drug-likeness (QED) is 0.675. The third-order valence-corrected chi connectivity index (χ3v) is 2.80. The minimum Gasteiger partial charge on any atom is -0.317 e. The van der Waals surface area contributed by atoms with Gasteiger partial charge in [0.2, 0.25) is 5.91 Å². The van der Waals surface area contributed by atoms with E-state index in [-0.39, 0.29) is 11.0 Å². The Bertz CT molecular complexity index is 668. The lowest BCUT2D eigenvalue weighted by Crippen LogP contribution is -2.33. The highest BCUT2D eigenvalue weighted by Gasteiger charge is 2.02. The smallest absolute Gasteiger partial charge is 0.250 e. The minimum atomic E-state index is -0.288. The molecule has 0 aliphatic rings. The number of aryl methyl sites for hydroxylation is 1. The summed E-state index contributed by atoms with van der Waals surface area (Å²) >= 11 is 5.07. The number of anilines is 1. The van der Waals surface area contributed by atoms with E-state index in [1.165, 1.54) is 6.08 Å². The number of rotatable bonds is 3. The van der Waals surface area contributed by atoms with Gasteiger partial charge in [0.25, 0.3) is 0 Å². The number of hydrogen-bond donors (Lipinski definition) is 2. The molecule has 5 heteroatoms. The second-order valence-electron chi connectivity index (χ2n) is 4.35. The number of carbonyl (C=O) groups is 1. The summed E-state index contributed by atoms with van der Waals surface area (Å²) in [6.07, 6.45) is 3.16. The fourth-order valence-corrected chi connectivity index (χ4v) is 1.86. The van der Waals surface area contributed by atoms with Crippen LogP contribution in [0.5, 0.6) is 0 Å². The lowest BCUT2D eigenvalue weighted by molar-refractivity contribution is -0.115. The molecule has 0 saturated carbocycles. The van der Waals surface area contributed by atoms with E-state index < -0.39 is 0 Å². The van der Waals surface area contributed by atoms with Gasteiger partial charge in [-0.3, -0.25) is 10.1 Å². The van der Waals surface area contributed by atoms with Crippen LogP contribution in [0.15, 0.2) is 54.6 Å². The Morgan fingerprint density at radius 2 is 1.90 bits per heavy atom. The summed E-state index contributed by atoms with van der Waals surface area (Å²) in [4.78, 5) is 16.0. The summed E-state index contributed by atoms with van der Waals surface area (Å²) in [6.45, 7) is 1.88. The van der Waals surface area contributed by atoms with E-state index in [0.717, 1.165) is 11.3 Å². The molecule has 1 heterocycles. The molecular formula is C16H15N3OS. The van der Waals surface area contributed by atoms with Crippen LogP contribution < -0.4 is 10.6 Å². The highest BCUT2D eigenvalue weighted by Crippen LogP contribution is 2.03. The topological polar surface area (TPSA) is 54.0 Å². The van der Waals surface area contributed by atoms with Crippen LogP contribution in [-0.2, 0) is 4.79 Å². The van der Waals surface area contributed by atoms with Gasteiger partial charge in [-0.1, -0.05) is 36.4 Å². The van der Waals surface area contributed by atoms with Gasteiger partial charge in [-0.05, 0) is 42.9 Å². The van der Waals surface area contributed by atoms with Crippen LogP contribution in [-0.4, -0.2) is 16.0 Å². The zero-order chi connectivity index (χ0) is 15.1. The van der Waals surface area contributed by atoms with Gasteiger partial charge in [0.15, 0.2) is 5.11 Å². The lowest BCUT2D eigenvalue weighted by atomic mass is 10.2. The minimum absolute atomic E-state index is 0.218. The number of amides is 1. The molecule has 0 saturated heterocycles. The molecule has 0 atom stereocenters. The highest BCUT2D eigenvalue weighted by atomic mass is 32.1. The van der Waals surface area contributed by atoms with Gasteiger partial charge < -0.3 is 5.32 Å². The van der Waals surface area contributed by atoms with E-state index in [2.05, 4.69) is 15.6 Å². The number of nitrogens with zero attached hydrogens (tertiary/aromatic N) is 1. The fourth-order valence-electron chi connectivity index (χ4n) is 1.65. The molecule has 106 valence electrons. The molecule has 4 nitrogen and oxygen atoms in total. The van der Waals surface area contributed by atoms with Crippen molar-refractivity contribution < 1.29 is 4.79 Å². The van der Waals surface area contributed by atoms with Crippen molar-refractivity contribution in [3.8, 4) is 0 Å². The van der Waals surface area contributed by atoms with Gasteiger partial charge in [-0.15, -0.1) is 0 Å². The maximum Gasteiger partial charge on any atom is 0.250 e. The van der Waals surface area contributed by atoms with Crippen LogP contribution in [0, 0.1) is 6.92 Å². The zero-order valence-corrected chi connectivity index (χ0v) is 12.4. The second-order valence-corrected chi connectivity index (χ2v) is 4.76. The molecule has 0 aliphatic heterocycles. The Kier molecular flexibility index (Phi) is 5.17. The van der Waals surface area contributed by atoms with Crippen LogP contribution in [0.25, 0.3) is 6.08 Å². The molecule has 0 unspecified atom stereocenters. The van der Waals surface area contributed by atoms with Crippen molar-refractivity contribution in [2.75, 3.05) is 5.32 Å². The van der Waals surface area contributed by atoms with E-state index in [1.807, 2.05) is 49.4 Å². The first kappa shape index (κ1) is 14.9. The van der Waals surface area contributed by atoms with Crippen molar-refractivity contribution in [3.63, 3.8) is 0 Å². The van der Waals surface area contributed by atoms with E-state index >= 15 is 0 Å². The Morgan fingerprint density at radius 3 is 2.62 bits per heavy atom. The monoisotopic (exact) mass is 297 g/mol. The van der Waals surface area contributed by atoms with E-state index in [0.29, 0.717) is 5.82 Å². The number of benzene rings is 1. The zero-order valence-electron chi connectivity index (χ0n) is 11.5. The molecule has 0 bridgehead atoms.